The zero-order chi connectivity index (χ0) is 16.1. The monoisotopic (exact) mass is 330 g/mol. The molecule has 0 aliphatic carbocycles. The number of hydrogen-bond acceptors (Lipinski definition) is 7. The summed E-state index contributed by atoms with van der Waals surface area (Å²) in [4.78, 5) is 12.0. The third kappa shape index (κ3) is 3.79. The standard InChI is InChI=1S/C15H14N4O3S/c20-9-14-18-17-13(23-14)6-7-16-15(21)11-8-12(22-19-11)10-4-2-1-3-5-10/h1-5,8,20H,6-7,9H2,(H,16,21). The smallest absolute Gasteiger partial charge is 0.273 e. The Morgan fingerprint density at radius 3 is 2.74 bits per heavy atom. The summed E-state index contributed by atoms with van der Waals surface area (Å²) in [5.74, 6) is 0.246. The van der Waals surface area contributed by atoms with Gasteiger partial charge in [0, 0.05) is 24.6 Å². The molecule has 0 saturated carbocycles. The van der Waals surface area contributed by atoms with Gasteiger partial charge in [0.2, 0.25) is 0 Å². The number of aromatic nitrogens is 3. The van der Waals surface area contributed by atoms with Crippen molar-refractivity contribution >= 4 is 17.2 Å². The molecule has 7 nitrogen and oxygen atoms in total. The SMILES string of the molecule is O=C(NCCc1nnc(CO)s1)c1cc(-c2ccccc2)on1. The summed E-state index contributed by atoms with van der Waals surface area (Å²) in [6.45, 7) is 0.289. The van der Waals surface area contributed by atoms with Gasteiger partial charge in [-0.1, -0.05) is 46.8 Å². The van der Waals surface area contributed by atoms with Crippen molar-refractivity contribution in [2.45, 2.75) is 13.0 Å². The zero-order valence-corrected chi connectivity index (χ0v) is 12.9. The number of aliphatic hydroxyl groups is 1. The average Bonchev–Trinajstić information content (AvgIpc) is 3.25. The van der Waals surface area contributed by atoms with Crippen LogP contribution in [-0.4, -0.2) is 32.9 Å². The van der Waals surface area contributed by atoms with Crippen LogP contribution in [-0.2, 0) is 13.0 Å². The first-order chi connectivity index (χ1) is 11.3. The number of nitrogens with zero attached hydrogens (tertiary/aromatic N) is 3. The summed E-state index contributed by atoms with van der Waals surface area (Å²) >= 11 is 1.32. The molecule has 0 atom stereocenters. The van der Waals surface area contributed by atoms with Crippen LogP contribution in [0.15, 0.2) is 40.9 Å². The normalized spacial score (nSPS) is 10.7. The zero-order valence-electron chi connectivity index (χ0n) is 12.1. The summed E-state index contributed by atoms with van der Waals surface area (Å²) in [5, 5.41) is 24.5. The minimum absolute atomic E-state index is 0.120. The van der Waals surface area contributed by atoms with Gasteiger partial charge in [0.05, 0.1) is 6.61 Å². The predicted octanol–water partition coefficient (Wildman–Crippen LogP) is 1.66. The predicted molar refractivity (Wildman–Crippen MR) is 83.8 cm³/mol. The Hall–Kier alpha value is -2.58. The van der Waals surface area contributed by atoms with Crippen molar-refractivity contribution in [2.75, 3.05) is 6.54 Å². The van der Waals surface area contributed by atoms with Crippen LogP contribution in [0.3, 0.4) is 0 Å². The third-order valence-corrected chi connectivity index (χ3v) is 4.04. The molecule has 2 aromatic heterocycles. The Morgan fingerprint density at radius 1 is 1.22 bits per heavy atom. The molecule has 0 saturated heterocycles. The highest BCUT2D eigenvalue weighted by molar-refractivity contribution is 7.11. The van der Waals surface area contributed by atoms with E-state index < -0.39 is 0 Å². The average molecular weight is 330 g/mol. The van der Waals surface area contributed by atoms with Gasteiger partial charge >= 0.3 is 0 Å². The Bertz CT molecular complexity index is 785. The van der Waals surface area contributed by atoms with E-state index in [4.69, 9.17) is 9.63 Å². The molecule has 3 aromatic rings. The number of hydrogen-bond donors (Lipinski definition) is 2. The number of nitrogens with one attached hydrogen (secondary N) is 1. The summed E-state index contributed by atoms with van der Waals surface area (Å²) < 4.78 is 5.20. The lowest BCUT2D eigenvalue weighted by atomic mass is 10.1. The molecule has 8 heteroatoms. The molecule has 0 spiro atoms. The third-order valence-electron chi connectivity index (χ3n) is 3.07. The van der Waals surface area contributed by atoms with Crippen LogP contribution in [0.25, 0.3) is 11.3 Å². The van der Waals surface area contributed by atoms with E-state index in [2.05, 4.69) is 20.7 Å². The fourth-order valence-corrected chi connectivity index (χ4v) is 2.65. The van der Waals surface area contributed by atoms with Gasteiger partial charge in [-0.15, -0.1) is 10.2 Å². The van der Waals surface area contributed by atoms with Crippen LogP contribution in [0.5, 0.6) is 0 Å². The van der Waals surface area contributed by atoms with Crippen molar-refractivity contribution in [1.82, 2.24) is 20.7 Å². The Morgan fingerprint density at radius 2 is 2.00 bits per heavy atom. The van der Waals surface area contributed by atoms with Crippen LogP contribution in [0.1, 0.15) is 20.5 Å². The van der Waals surface area contributed by atoms with Gasteiger partial charge in [0.15, 0.2) is 11.5 Å². The minimum atomic E-state index is -0.303. The lowest BCUT2D eigenvalue weighted by Crippen LogP contribution is -2.25. The van der Waals surface area contributed by atoms with E-state index in [-0.39, 0.29) is 18.2 Å². The van der Waals surface area contributed by atoms with Gasteiger partial charge in [-0.25, -0.2) is 0 Å². The van der Waals surface area contributed by atoms with Crippen molar-refractivity contribution in [1.29, 1.82) is 0 Å². The maximum Gasteiger partial charge on any atom is 0.273 e. The minimum Gasteiger partial charge on any atom is -0.389 e. The number of carbonyl (C=O) groups is 1. The van der Waals surface area contributed by atoms with Crippen molar-refractivity contribution in [3.8, 4) is 11.3 Å². The molecule has 0 radical (unpaired) electrons. The van der Waals surface area contributed by atoms with Gasteiger partial charge in [0.1, 0.15) is 10.0 Å². The summed E-state index contributed by atoms with van der Waals surface area (Å²) in [7, 11) is 0. The van der Waals surface area contributed by atoms with Crippen molar-refractivity contribution in [2.24, 2.45) is 0 Å². The molecule has 3 rings (SSSR count). The van der Waals surface area contributed by atoms with Gasteiger partial charge in [-0.05, 0) is 0 Å². The maximum absolute atomic E-state index is 12.0. The molecule has 118 valence electrons. The number of carbonyl (C=O) groups excluding carboxylic acids is 1. The highest BCUT2D eigenvalue weighted by atomic mass is 32.1. The highest BCUT2D eigenvalue weighted by Gasteiger charge is 2.13. The molecule has 0 fully saturated rings. The van der Waals surface area contributed by atoms with Crippen LogP contribution in [0.2, 0.25) is 0 Å². The molecule has 1 amide bonds. The second-order valence-corrected chi connectivity index (χ2v) is 5.84. The van der Waals surface area contributed by atoms with Crippen LogP contribution in [0.4, 0.5) is 0 Å². The molecule has 2 heterocycles. The van der Waals surface area contributed by atoms with E-state index in [1.54, 1.807) is 6.07 Å². The van der Waals surface area contributed by atoms with Crippen LogP contribution in [0, 0.1) is 0 Å². The molecule has 0 aliphatic heterocycles. The first-order valence-electron chi connectivity index (χ1n) is 6.98. The molecule has 2 N–H and O–H groups in total. The van der Waals surface area contributed by atoms with Gasteiger partial charge in [-0.3, -0.25) is 4.79 Å². The number of aliphatic hydroxyl groups excluding tert-OH is 1. The highest BCUT2D eigenvalue weighted by Crippen LogP contribution is 2.19. The molecular weight excluding hydrogens is 316 g/mol. The second kappa shape index (κ2) is 7.12. The fourth-order valence-electron chi connectivity index (χ4n) is 1.95. The van der Waals surface area contributed by atoms with E-state index in [0.717, 1.165) is 10.6 Å². The molecule has 23 heavy (non-hydrogen) atoms. The van der Waals surface area contributed by atoms with Gasteiger partial charge in [0.25, 0.3) is 5.91 Å². The first-order valence-corrected chi connectivity index (χ1v) is 7.80. The molecular formula is C15H14N4O3S. The fraction of sp³-hybridized carbons (Fsp3) is 0.200. The first kappa shape index (κ1) is 15.3. The van der Waals surface area contributed by atoms with E-state index in [9.17, 15) is 4.79 Å². The van der Waals surface area contributed by atoms with Crippen LogP contribution >= 0.6 is 11.3 Å². The van der Waals surface area contributed by atoms with Crippen LogP contribution < -0.4 is 5.32 Å². The Kier molecular flexibility index (Phi) is 4.74. The lowest BCUT2D eigenvalue weighted by molar-refractivity contribution is 0.0945. The Balaban J connectivity index is 1.55. The van der Waals surface area contributed by atoms with E-state index in [1.165, 1.54) is 11.3 Å². The number of benzene rings is 1. The second-order valence-electron chi connectivity index (χ2n) is 4.70. The van der Waals surface area contributed by atoms with Gasteiger partial charge < -0.3 is 14.9 Å². The topological polar surface area (TPSA) is 101 Å². The quantitative estimate of drug-likeness (QED) is 0.713. The van der Waals surface area contributed by atoms with Crippen molar-refractivity contribution in [3.05, 3.63) is 52.1 Å². The summed E-state index contributed by atoms with van der Waals surface area (Å²) in [5.41, 5.74) is 1.10. The van der Waals surface area contributed by atoms with Crippen molar-refractivity contribution < 1.29 is 14.4 Å². The summed E-state index contributed by atoms with van der Waals surface area (Å²) in [6, 6.07) is 11.1. The number of rotatable bonds is 6. The molecule has 0 aliphatic rings. The largest absolute Gasteiger partial charge is 0.389 e. The molecule has 1 aromatic carbocycles. The van der Waals surface area contributed by atoms with Crippen molar-refractivity contribution in [3.63, 3.8) is 0 Å². The Labute approximate surface area is 136 Å². The maximum atomic E-state index is 12.0. The van der Waals surface area contributed by atoms with Gasteiger partial charge in [-0.2, -0.15) is 0 Å². The van der Waals surface area contributed by atoms with E-state index in [1.807, 2.05) is 30.3 Å². The van der Waals surface area contributed by atoms with E-state index >= 15 is 0 Å². The molecule has 0 bridgehead atoms. The lowest BCUT2D eigenvalue weighted by Gasteiger charge is -1.99. The number of amides is 1. The summed E-state index contributed by atoms with van der Waals surface area (Å²) in [6.07, 6.45) is 0.548. The van der Waals surface area contributed by atoms with E-state index in [0.29, 0.717) is 23.7 Å². The molecule has 0 unspecified atom stereocenters.